The highest BCUT2D eigenvalue weighted by Crippen LogP contribution is 2.32. The van der Waals surface area contributed by atoms with Gasteiger partial charge in [-0.05, 0) is 35.7 Å². The Morgan fingerprint density at radius 3 is 2.85 bits per heavy atom. The molecule has 0 atom stereocenters. The molecule has 0 unspecified atom stereocenters. The van der Waals surface area contributed by atoms with Gasteiger partial charge in [0.2, 0.25) is 0 Å². The first-order chi connectivity index (χ1) is 12.7. The van der Waals surface area contributed by atoms with Crippen molar-refractivity contribution in [1.82, 2.24) is 9.97 Å². The number of ether oxygens (including phenoxy) is 1. The molecule has 0 bridgehead atoms. The van der Waals surface area contributed by atoms with Crippen molar-refractivity contribution in [3.63, 3.8) is 0 Å². The Labute approximate surface area is 158 Å². The number of anilines is 2. The van der Waals surface area contributed by atoms with Crippen molar-refractivity contribution < 1.29 is 9.13 Å². The molecule has 4 rings (SSSR count). The molecule has 0 saturated carbocycles. The lowest BCUT2D eigenvalue weighted by Crippen LogP contribution is -1.99. The monoisotopic (exact) mass is 385 g/mol. The van der Waals surface area contributed by atoms with Crippen LogP contribution in [0.25, 0.3) is 10.2 Å². The van der Waals surface area contributed by atoms with Gasteiger partial charge in [-0.15, -0.1) is 11.3 Å². The van der Waals surface area contributed by atoms with Crippen molar-refractivity contribution >= 4 is 44.7 Å². The predicted molar refractivity (Wildman–Crippen MR) is 103 cm³/mol. The van der Waals surface area contributed by atoms with Crippen LogP contribution in [0.4, 0.5) is 15.9 Å². The molecule has 7 heteroatoms. The molecule has 0 spiro atoms. The van der Waals surface area contributed by atoms with Gasteiger partial charge < -0.3 is 10.1 Å². The van der Waals surface area contributed by atoms with Crippen LogP contribution in [0.1, 0.15) is 5.56 Å². The zero-order valence-corrected chi connectivity index (χ0v) is 15.0. The topological polar surface area (TPSA) is 47.0 Å². The second-order valence-electron chi connectivity index (χ2n) is 5.51. The summed E-state index contributed by atoms with van der Waals surface area (Å²) < 4.78 is 20.3. The van der Waals surface area contributed by atoms with Crippen LogP contribution in [0.3, 0.4) is 0 Å². The van der Waals surface area contributed by atoms with Crippen LogP contribution in [-0.4, -0.2) is 9.97 Å². The highest BCUT2D eigenvalue weighted by molar-refractivity contribution is 7.17. The molecule has 0 aliphatic rings. The van der Waals surface area contributed by atoms with Crippen LogP contribution in [0.2, 0.25) is 5.02 Å². The van der Waals surface area contributed by atoms with E-state index in [0.29, 0.717) is 16.3 Å². The maximum atomic E-state index is 13.7. The number of nitrogens with zero attached hydrogens (tertiary/aromatic N) is 2. The van der Waals surface area contributed by atoms with Gasteiger partial charge in [-0.1, -0.05) is 29.8 Å². The number of nitrogens with one attached hydrogen (secondary N) is 1. The molecule has 0 aliphatic heterocycles. The summed E-state index contributed by atoms with van der Waals surface area (Å²) in [6.45, 7) is 0.112. The van der Waals surface area contributed by atoms with Gasteiger partial charge in [0.15, 0.2) is 5.82 Å². The molecule has 4 nitrogen and oxygen atoms in total. The Bertz CT molecular complexity index is 1070. The summed E-state index contributed by atoms with van der Waals surface area (Å²) in [5, 5.41) is 5.65. The third-order valence-corrected chi connectivity index (χ3v) is 4.98. The molecule has 0 aliphatic carbocycles. The van der Waals surface area contributed by atoms with E-state index in [4.69, 9.17) is 16.3 Å². The molecule has 26 heavy (non-hydrogen) atoms. The molecular formula is C19H13ClFN3OS. The number of halogens is 2. The Morgan fingerprint density at radius 2 is 2.00 bits per heavy atom. The quantitative estimate of drug-likeness (QED) is 0.471. The average molecular weight is 386 g/mol. The summed E-state index contributed by atoms with van der Waals surface area (Å²) in [6, 6.07) is 13.8. The summed E-state index contributed by atoms with van der Waals surface area (Å²) in [5.41, 5.74) is 2.15. The molecule has 4 aromatic rings. The van der Waals surface area contributed by atoms with Crippen molar-refractivity contribution in [1.29, 1.82) is 0 Å². The van der Waals surface area contributed by atoms with E-state index in [2.05, 4.69) is 15.3 Å². The van der Waals surface area contributed by atoms with Crippen molar-refractivity contribution in [2.45, 2.75) is 6.61 Å². The second-order valence-corrected chi connectivity index (χ2v) is 6.83. The first kappa shape index (κ1) is 16.8. The largest absolute Gasteiger partial charge is 0.487 e. The predicted octanol–water partition coefficient (Wildman–Crippen LogP) is 5.81. The van der Waals surface area contributed by atoms with E-state index >= 15 is 0 Å². The van der Waals surface area contributed by atoms with Crippen molar-refractivity contribution in [2.75, 3.05) is 5.32 Å². The maximum absolute atomic E-state index is 13.7. The fourth-order valence-electron chi connectivity index (χ4n) is 2.48. The number of benzene rings is 2. The second kappa shape index (κ2) is 7.27. The van der Waals surface area contributed by atoms with Gasteiger partial charge >= 0.3 is 0 Å². The van der Waals surface area contributed by atoms with Crippen molar-refractivity contribution in [3.05, 3.63) is 76.6 Å². The molecular weight excluding hydrogens is 373 g/mol. The number of hydrogen-bond acceptors (Lipinski definition) is 5. The first-order valence-corrected chi connectivity index (χ1v) is 9.07. The molecule has 0 fully saturated rings. The van der Waals surface area contributed by atoms with Crippen molar-refractivity contribution in [3.8, 4) is 5.75 Å². The third-order valence-electron chi connectivity index (χ3n) is 3.78. The number of aromatic nitrogens is 2. The van der Waals surface area contributed by atoms with Crippen LogP contribution in [0.5, 0.6) is 5.75 Å². The lowest BCUT2D eigenvalue weighted by atomic mass is 10.2. The van der Waals surface area contributed by atoms with E-state index in [1.54, 1.807) is 41.7 Å². The number of rotatable bonds is 5. The van der Waals surface area contributed by atoms with Gasteiger partial charge in [0.25, 0.3) is 0 Å². The molecule has 2 heterocycles. The van der Waals surface area contributed by atoms with E-state index in [9.17, 15) is 4.39 Å². The van der Waals surface area contributed by atoms with Gasteiger partial charge in [-0.3, -0.25) is 0 Å². The molecule has 130 valence electrons. The summed E-state index contributed by atoms with van der Waals surface area (Å²) >= 11 is 7.88. The summed E-state index contributed by atoms with van der Waals surface area (Å²) in [4.78, 5) is 8.50. The molecule has 2 aromatic heterocycles. The van der Waals surface area contributed by atoms with Gasteiger partial charge in [-0.2, -0.15) is 0 Å². The number of hydrogen-bond donors (Lipinski definition) is 1. The highest BCUT2D eigenvalue weighted by Gasteiger charge is 2.09. The van der Waals surface area contributed by atoms with Gasteiger partial charge in [0.1, 0.15) is 24.5 Å². The summed E-state index contributed by atoms with van der Waals surface area (Å²) in [7, 11) is 0. The number of fused-ring (bicyclic) bond motifs is 1. The third kappa shape index (κ3) is 3.47. The number of thiophene rings is 1. The minimum absolute atomic E-state index is 0.112. The molecule has 0 saturated heterocycles. The Morgan fingerprint density at radius 1 is 1.12 bits per heavy atom. The van der Waals surface area contributed by atoms with Crippen LogP contribution < -0.4 is 10.1 Å². The average Bonchev–Trinajstić information content (AvgIpc) is 3.12. The van der Waals surface area contributed by atoms with Crippen LogP contribution in [0, 0.1) is 5.82 Å². The van der Waals surface area contributed by atoms with Crippen LogP contribution in [0.15, 0.2) is 60.2 Å². The Kier molecular flexibility index (Phi) is 4.69. The highest BCUT2D eigenvalue weighted by atomic mass is 35.5. The molecule has 2 aromatic carbocycles. The van der Waals surface area contributed by atoms with Gasteiger partial charge in [-0.25, -0.2) is 14.4 Å². The summed E-state index contributed by atoms with van der Waals surface area (Å²) in [5.74, 6) is 0.913. The normalized spacial score (nSPS) is 10.8. The van der Waals surface area contributed by atoms with Crippen LogP contribution >= 0.6 is 22.9 Å². The van der Waals surface area contributed by atoms with Crippen molar-refractivity contribution in [2.24, 2.45) is 0 Å². The Hall–Kier alpha value is -2.70. The Balaban J connectivity index is 1.51. The molecule has 1 N–H and O–H groups in total. The molecule has 0 radical (unpaired) electrons. The first-order valence-electron chi connectivity index (χ1n) is 7.82. The van der Waals surface area contributed by atoms with E-state index in [1.807, 2.05) is 17.5 Å². The standard InChI is InChI=1S/C19H13ClFN3OS/c20-14-9-13(24-19-18-16(7-8-26-18)22-11-23-19)5-6-17(14)25-10-12-3-1-2-4-15(12)21/h1-9,11H,10H2,(H,22,23,24). The lowest BCUT2D eigenvalue weighted by Gasteiger charge is -2.11. The van der Waals surface area contributed by atoms with E-state index in [-0.39, 0.29) is 12.4 Å². The molecule has 0 amide bonds. The summed E-state index contributed by atoms with van der Waals surface area (Å²) in [6.07, 6.45) is 1.52. The van der Waals surface area contributed by atoms with E-state index in [1.165, 1.54) is 12.4 Å². The van der Waals surface area contributed by atoms with E-state index in [0.717, 1.165) is 21.7 Å². The van der Waals surface area contributed by atoms with Gasteiger partial charge in [0, 0.05) is 11.3 Å². The van der Waals surface area contributed by atoms with Crippen LogP contribution in [-0.2, 0) is 6.61 Å². The minimum atomic E-state index is -0.300. The maximum Gasteiger partial charge on any atom is 0.151 e. The SMILES string of the molecule is Fc1ccccc1COc1ccc(Nc2ncnc3ccsc23)cc1Cl. The van der Waals surface area contributed by atoms with E-state index < -0.39 is 0 Å². The lowest BCUT2D eigenvalue weighted by molar-refractivity contribution is 0.300. The fourth-order valence-corrected chi connectivity index (χ4v) is 3.51. The zero-order valence-electron chi connectivity index (χ0n) is 13.4. The zero-order chi connectivity index (χ0) is 17.9. The minimum Gasteiger partial charge on any atom is -0.487 e. The fraction of sp³-hybridized carbons (Fsp3) is 0.0526. The smallest absolute Gasteiger partial charge is 0.151 e. The van der Waals surface area contributed by atoms with Gasteiger partial charge in [0.05, 0.1) is 15.2 Å².